The van der Waals surface area contributed by atoms with Gasteiger partial charge in [0.2, 0.25) is 0 Å². The molecule has 1 aliphatic rings. The zero-order chi connectivity index (χ0) is 11.5. The summed E-state index contributed by atoms with van der Waals surface area (Å²) in [4.78, 5) is 21.9. The van der Waals surface area contributed by atoms with E-state index >= 15 is 0 Å². The number of carboxylic acids is 2. The van der Waals surface area contributed by atoms with Crippen LogP contribution in [0, 0.1) is 11.3 Å². The molecule has 4 nitrogen and oxygen atoms in total. The van der Waals surface area contributed by atoms with Crippen LogP contribution in [-0.4, -0.2) is 22.2 Å². The minimum atomic E-state index is -0.828. The van der Waals surface area contributed by atoms with Gasteiger partial charge < -0.3 is 10.2 Å². The molecule has 0 heterocycles. The first-order valence-electron chi connectivity index (χ1n) is 5.09. The van der Waals surface area contributed by atoms with Crippen LogP contribution in [0.15, 0.2) is 12.7 Å². The summed E-state index contributed by atoms with van der Waals surface area (Å²) in [5.41, 5.74) is -0.770. The largest absolute Gasteiger partial charge is 0.481 e. The molecule has 0 radical (unpaired) electrons. The normalized spacial score (nSPS) is 30.8. The molecule has 2 N–H and O–H groups in total. The van der Waals surface area contributed by atoms with Gasteiger partial charge in [0.1, 0.15) is 0 Å². The molecule has 0 aliphatic heterocycles. The van der Waals surface area contributed by atoms with Gasteiger partial charge in [-0.1, -0.05) is 6.08 Å². The average Bonchev–Trinajstić information content (AvgIpc) is 2.18. The van der Waals surface area contributed by atoms with Crippen LogP contribution in [0.5, 0.6) is 0 Å². The first-order chi connectivity index (χ1) is 7.02. The van der Waals surface area contributed by atoms with Gasteiger partial charge >= 0.3 is 11.9 Å². The highest BCUT2D eigenvalue weighted by molar-refractivity contribution is 5.76. The van der Waals surface area contributed by atoms with Crippen molar-refractivity contribution in [2.24, 2.45) is 11.3 Å². The van der Waals surface area contributed by atoms with Crippen LogP contribution in [0.4, 0.5) is 0 Å². The molecular weight excluding hydrogens is 196 g/mol. The van der Waals surface area contributed by atoms with Gasteiger partial charge in [0.25, 0.3) is 0 Å². The number of rotatable bonds is 4. The van der Waals surface area contributed by atoms with Gasteiger partial charge in [0.15, 0.2) is 0 Å². The fraction of sp³-hybridized carbons (Fsp3) is 0.636. The van der Waals surface area contributed by atoms with Gasteiger partial charge in [0, 0.05) is 0 Å². The van der Waals surface area contributed by atoms with Crippen molar-refractivity contribution in [2.75, 3.05) is 0 Å². The summed E-state index contributed by atoms with van der Waals surface area (Å²) >= 11 is 0. The average molecular weight is 212 g/mol. The highest BCUT2D eigenvalue weighted by Gasteiger charge is 2.42. The second-order valence-corrected chi connectivity index (χ2v) is 4.19. The highest BCUT2D eigenvalue weighted by atomic mass is 16.4. The van der Waals surface area contributed by atoms with E-state index in [1.807, 2.05) is 0 Å². The Labute approximate surface area is 88.6 Å². The number of carbonyl (C=O) groups is 2. The third-order valence-electron chi connectivity index (χ3n) is 3.28. The van der Waals surface area contributed by atoms with E-state index in [0.29, 0.717) is 32.1 Å². The zero-order valence-electron chi connectivity index (χ0n) is 8.61. The smallest absolute Gasteiger partial charge is 0.309 e. The van der Waals surface area contributed by atoms with Crippen molar-refractivity contribution >= 4 is 11.9 Å². The molecule has 84 valence electrons. The molecule has 1 fully saturated rings. The molecule has 0 amide bonds. The van der Waals surface area contributed by atoms with Crippen LogP contribution >= 0.6 is 0 Å². The van der Waals surface area contributed by atoms with Crippen molar-refractivity contribution in [1.82, 2.24) is 0 Å². The minimum absolute atomic E-state index is 0.373. The Balaban J connectivity index is 2.69. The fourth-order valence-electron chi connectivity index (χ4n) is 2.20. The van der Waals surface area contributed by atoms with E-state index in [0.717, 1.165) is 0 Å². The first kappa shape index (κ1) is 11.8. The van der Waals surface area contributed by atoms with Gasteiger partial charge in [-0.3, -0.25) is 9.59 Å². The summed E-state index contributed by atoms with van der Waals surface area (Å²) in [5.74, 6) is -2.01. The van der Waals surface area contributed by atoms with Crippen LogP contribution in [-0.2, 0) is 9.59 Å². The van der Waals surface area contributed by atoms with Crippen LogP contribution in [0.3, 0.4) is 0 Å². The Hall–Kier alpha value is -1.32. The van der Waals surface area contributed by atoms with Gasteiger partial charge in [-0.2, -0.15) is 0 Å². The topological polar surface area (TPSA) is 74.6 Å². The number of allylic oxidation sites excluding steroid dienone is 1. The molecule has 0 aromatic carbocycles. The molecule has 0 spiro atoms. The van der Waals surface area contributed by atoms with Gasteiger partial charge in [0.05, 0.1) is 11.3 Å². The molecule has 0 aromatic rings. The minimum Gasteiger partial charge on any atom is -0.481 e. The Kier molecular flexibility index (Phi) is 3.50. The second-order valence-electron chi connectivity index (χ2n) is 4.19. The molecule has 0 unspecified atom stereocenters. The van der Waals surface area contributed by atoms with Crippen LogP contribution in [0.2, 0.25) is 0 Å². The quantitative estimate of drug-likeness (QED) is 0.698. The number of aliphatic carboxylic acids is 2. The van der Waals surface area contributed by atoms with Gasteiger partial charge in [-0.25, -0.2) is 0 Å². The molecule has 1 saturated carbocycles. The summed E-state index contributed by atoms with van der Waals surface area (Å²) in [6.45, 7) is 3.56. The number of hydrogen-bond donors (Lipinski definition) is 2. The Morgan fingerprint density at radius 2 is 1.87 bits per heavy atom. The SMILES string of the molecule is C=CCC1(C(=O)O)CCC(C(=O)O)CC1. The maximum atomic E-state index is 11.1. The maximum absolute atomic E-state index is 11.1. The van der Waals surface area contributed by atoms with Gasteiger partial charge in [-0.05, 0) is 32.1 Å². The van der Waals surface area contributed by atoms with E-state index in [1.165, 1.54) is 0 Å². The van der Waals surface area contributed by atoms with Gasteiger partial charge in [-0.15, -0.1) is 6.58 Å². The summed E-state index contributed by atoms with van der Waals surface area (Å²) < 4.78 is 0. The monoisotopic (exact) mass is 212 g/mol. The van der Waals surface area contributed by atoms with E-state index in [1.54, 1.807) is 6.08 Å². The lowest BCUT2D eigenvalue weighted by atomic mass is 9.68. The third-order valence-corrected chi connectivity index (χ3v) is 3.28. The second kappa shape index (κ2) is 4.47. The molecule has 0 bridgehead atoms. The number of carboxylic acid groups (broad SMARTS) is 2. The molecule has 0 atom stereocenters. The Morgan fingerprint density at radius 3 is 2.20 bits per heavy atom. The van der Waals surface area contributed by atoms with Crippen molar-refractivity contribution in [2.45, 2.75) is 32.1 Å². The summed E-state index contributed by atoms with van der Waals surface area (Å²) in [6, 6.07) is 0. The summed E-state index contributed by atoms with van der Waals surface area (Å²) in [5, 5.41) is 18.0. The lowest BCUT2D eigenvalue weighted by molar-refractivity contribution is -0.155. The van der Waals surface area contributed by atoms with Crippen molar-refractivity contribution in [1.29, 1.82) is 0 Å². The first-order valence-corrected chi connectivity index (χ1v) is 5.09. The molecule has 1 aliphatic carbocycles. The zero-order valence-corrected chi connectivity index (χ0v) is 8.61. The Morgan fingerprint density at radius 1 is 1.33 bits per heavy atom. The fourth-order valence-corrected chi connectivity index (χ4v) is 2.20. The van der Waals surface area contributed by atoms with Crippen LogP contribution in [0.25, 0.3) is 0 Å². The van der Waals surface area contributed by atoms with E-state index in [-0.39, 0.29) is 5.92 Å². The van der Waals surface area contributed by atoms with E-state index in [9.17, 15) is 9.59 Å². The molecular formula is C11H16O4. The van der Waals surface area contributed by atoms with E-state index in [2.05, 4.69) is 6.58 Å². The summed E-state index contributed by atoms with van der Waals surface area (Å²) in [6.07, 6.45) is 3.81. The predicted octanol–water partition coefficient (Wildman–Crippen LogP) is 1.91. The van der Waals surface area contributed by atoms with Crippen molar-refractivity contribution in [3.8, 4) is 0 Å². The molecule has 0 aromatic heterocycles. The Bertz CT molecular complexity index is 274. The third kappa shape index (κ3) is 2.37. The van der Waals surface area contributed by atoms with Crippen molar-refractivity contribution in [3.05, 3.63) is 12.7 Å². The molecule has 1 rings (SSSR count). The molecule has 15 heavy (non-hydrogen) atoms. The standard InChI is InChI=1S/C11H16O4/c1-2-5-11(10(14)15)6-3-8(4-7-11)9(12)13/h2,8H,1,3-7H2,(H,12,13)(H,14,15). The lowest BCUT2D eigenvalue weighted by Gasteiger charge is -2.34. The lowest BCUT2D eigenvalue weighted by Crippen LogP contribution is -2.36. The highest BCUT2D eigenvalue weighted by Crippen LogP contribution is 2.42. The number of hydrogen-bond acceptors (Lipinski definition) is 2. The van der Waals surface area contributed by atoms with Crippen LogP contribution < -0.4 is 0 Å². The molecule has 4 heteroatoms. The van der Waals surface area contributed by atoms with E-state index in [4.69, 9.17) is 10.2 Å². The maximum Gasteiger partial charge on any atom is 0.309 e. The molecule has 0 saturated heterocycles. The predicted molar refractivity (Wildman–Crippen MR) is 54.5 cm³/mol. The van der Waals surface area contributed by atoms with Crippen molar-refractivity contribution < 1.29 is 19.8 Å². The van der Waals surface area contributed by atoms with E-state index < -0.39 is 17.4 Å². The summed E-state index contributed by atoms with van der Waals surface area (Å²) in [7, 11) is 0. The van der Waals surface area contributed by atoms with Crippen molar-refractivity contribution in [3.63, 3.8) is 0 Å². The van der Waals surface area contributed by atoms with Crippen LogP contribution in [0.1, 0.15) is 32.1 Å².